The van der Waals surface area contributed by atoms with Crippen molar-refractivity contribution >= 4 is 11.6 Å². The topological polar surface area (TPSA) is 46.3 Å². The van der Waals surface area contributed by atoms with Gasteiger partial charge in [-0.05, 0) is 24.6 Å². The van der Waals surface area contributed by atoms with Crippen LogP contribution in [0.15, 0.2) is 24.3 Å². The van der Waals surface area contributed by atoms with E-state index < -0.39 is 17.8 Å². The van der Waals surface area contributed by atoms with Crippen molar-refractivity contribution in [1.29, 1.82) is 0 Å². The minimum Gasteiger partial charge on any atom is -0.320 e. The second-order valence-corrected chi connectivity index (χ2v) is 3.93. The molecule has 17 heavy (non-hydrogen) atoms. The fourth-order valence-corrected chi connectivity index (χ4v) is 1.81. The van der Waals surface area contributed by atoms with Crippen LogP contribution in [0.3, 0.4) is 0 Å². The van der Waals surface area contributed by atoms with E-state index in [0.717, 1.165) is 12.1 Å². The van der Waals surface area contributed by atoms with Crippen molar-refractivity contribution < 1.29 is 18.0 Å². The molecule has 0 radical (unpaired) electrons. The molecule has 1 aliphatic heterocycles. The van der Waals surface area contributed by atoms with E-state index in [-0.39, 0.29) is 11.6 Å². The molecule has 1 atom stereocenters. The molecule has 0 saturated carbocycles. The SMILES string of the molecule is NC1CCN(c2cccc(C(F)(F)F)c2)C1=O. The van der Waals surface area contributed by atoms with Crippen molar-refractivity contribution in [2.24, 2.45) is 5.73 Å². The monoisotopic (exact) mass is 244 g/mol. The van der Waals surface area contributed by atoms with Crippen LogP contribution in [0.1, 0.15) is 12.0 Å². The van der Waals surface area contributed by atoms with Gasteiger partial charge in [0.2, 0.25) is 5.91 Å². The average molecular weight is 244 g/mol. The molecule has 1 saturated heterocycles. The molecular formula is C11H11F3N2O. The lowest BCUT2D eigenvalue weighted by Gasteiger charge is -2.17. The summed E-state index contributed by atoms with van der Waals surface area (Å²) in [6.45, 7) is 0.362. The second kappa shape index (κ2) is 4.03. The molecule has 1 aliphatic rings. The van der Waals surface area contributed by atoms with Crippen LogP contribution >= 0.6 is 0 Å². The van der Waals surface area contributed by atoms with E-state index in [2.05, 4.69) is 0 Å². The molecule has 6 heteroatoms. The summed E-state index contributed by atoms with van der Waals surface area (Å²) in [4.78, 5) is 12.9. The molecule has 1 aromatic rings. The van der Waals surface area contributed by atoms with Crippen LogP contribution in [0.25, 0.3) is 0 Å². The van der Waals surface area contributed by atoms with Crippen LogP contribution in [-0.4, -0.2) is 18.5 Å². The highest BCUT2D eigenvalue weighted by atomic mass is 19.4. The molecule has 3 nitrogen and oxygen atoms in total. The van der Waals surface area contributed by atoms with E-state index in [0.29, 0.717) is 13.0 Å². The van der Waals surface area contributed by atoms with E-state index in [4.69, 9.17) is 5.73 Å². The summed E-state index contributed by atoms with van der Waals surface area (Å²) in [7, 11) is 0. The molecule has 2 rings (SSSR count). The van der Waals surface area contributed by atoms with Gasteiger partial charge in [0, 0.05) is 12.2 Å². The van der Waals surface area contributed by atoms with E-state index in [1.807, 2.05) is 0 Å². The van der Waals surface area contributed by atoms with Crippen molar-refractivity contribution in [3.05, 3.63) is 29.8 Å². The van der Waals surface area contributed by atoms with Crippen molar-refractivity contribution in [3.8, 4) is 0 Å². The molecule has 0 spiro atoms. The number of rotatable bonds is 1. The third-order valence-electron chi connectivity index (χ3n) is 2.73. The molecule has 2 N–H and O–H groups in total. The molecule has 1 amide bonds. The van der Waals surface area contributed by atoms with Crippen molar-refractivity contribution in [2.45, 2.75) is 18.6 Å². The highest BCUT2D eigenvalue weighted by molar-refractivity contribution is 5.99. The molecule has 92 valence electrons. The zero-order valence-corrected chi connectivity index (χ0v) is 8.87. The van der Waals surface area contributed by atoms with Gasteiger partial charge >= 0.3 is 6.18 Å². The van der Waals surface area contributed by atoms with Crippen molar-refractivity contribution in [2.75, 3.05) is 11.4 Å². The first-order valence-electron chi connectivity index (χ1n) is 5.14. The quantitative estimate of drug-likeness (QED) is 0.818. The van der Waals surface area contributed by atoms with Gasteiger partial charge in [-0.15, -0.1) is 0 Å². The zero-order valence-electron chi connectivity index (χ0n) is 8.87. The summed E-state index contributed by atoms with van der Waals surface area (Å²) in [5.74, 6) is -0.329. The maximum Gasteiger partial charge on any atom is 0.416 e. The van der Waals surface area contributed by atoms with Crippen molar-refractivity contribution in [1.82, 2.24) is 0 Å². The number of nitrogens with two attached hydrogens (primary N) is 1. The first-order valence-corrected chi connectivity index (χ1v) is 5.14. The molecule has 0 aliphatic carbocycles. The Kier molecular flexibility index (Phi) is 2.82. The minimum absolute atomic E-state index is 0.248. The highest BCUT2D eigenvalue weighted by Crippen LogP contribution is 2.32. The smallest absolute Gasteiger partial charge is 0.320 e. The minimum atomic E-state index is -4.40. The molecular weight excluding hydrogens is 233 g/mol. The Morgan fingerprint density at radius 3 is 2.59 bits per heavy atom. The fraction of sp³-hybridized carbons (Fsp3) is 0.364. The van der Waals surface area contributed by atoms with Gasteiger partial charge in [-0.25, -0.2) is 0 Å². The lowest BCUT2D eigenvalue weighted by molar-refractivity contribution is -0.137. The highest BCUT2D eigenvalue weighted by Gasteiger charge is 2.33. The van der Waals surface area contributed by atoms with Crippen LogP contribution in [0, 0.1) is 0 Å². The van der Waals surface area contributed by atoms with Crippen LogP contribution in [0.4, 0.5) is 18.9 Å². The Balaban J connectivity index is 2.31. The summed E-state index contributed by atoms with van der Waals surface area (Å²) in [6.07, 6.45) is -3.93. The Morgan fingerprint density at radius 1 is 1.35 bits per heavy atom. The number of halogens is 3. The van der Waals surface area contributed by atoms with Gasteiger partial charge in [0.25, 0.3) is 0 Å². The zero-order chi connectivity index (χ0) is 12.6. The number of amides is 1. The maximum absolute atomic E-state index is 12.5. The number of hydrogen-bond acceptors (Lipinski definition) is 2. The standard InChI is InChI=1S/C11H11F3N2O/c12-11(13,14)7-2-1-3-8(6-7)16-5-4-9(15)10(16)17/h1-3,6,9H,4-5,15H2. The Bertz CT molecular complexity index is 445. The summed E-state index contributed by atoms with van der Waals surface area (Å²) >= 11 is 0. The first kappa shape index (κ1) is 11.9. The second-order valence-electron chi connectivity index (χ2n) is 3.93. The predicted octanol–water partition coefficient (Wildman–Crippen LogP) is 1.77. The van der Waals surface area contributed by atoms with E-state index in [1.165, 1.54) is 17.0 Å². The number of carbonyl (C=O) groups is 1. The summed E-state index contributed by atoms with van der Waals surface area (Å²) in [5, 5.41) is 0. The van der Waals surface area contributed by atoms with Crippen LogP contribution in [0.2, 0.25) is 0 Å². The third-order valence-corrected chi connectivity index (χ3v) is 2.73. The van der Waals surface area contributed by atoms with Gasteiger partial charge in [-0.3, -0.25) is 4.79 Å². The number of hydrogen-bond donors (Lipinski definition) is 1. The van der Waals surface area contributed by atoms with Crippen LogP contribution < -0.4 is 10.6 Å². The molecule has 1 heterocycles. The normalized spacial score (nSPS) is 21.1. The molecule has 1 fully saturated rings. The number of carbonyl (C=O) groups excluding carboxylic acids is 1. The number of benzene rings is 1. The number of alkyl halides is 3. The Hall–Kier alpha value is -1.56. The fourth-order valence-electron chi connectivity index (χ4n) is 1.81. The van der Waals surface area contributed by atoms with Crippen LogP contribution in [-0.2, 0) is 11.0 Å². The van der Waals surface area contributed by atoms with Gasteiger partial charge in [0.15, 0.2) is 0 Å². The summed E-state index contributed by atoms with van der Waals surface area (Å²) in [5.41, 5.74) is 5.00. The largest absolute Gasteiger partial charge is 0.416 e. The lowest BCUT2D eigenvalue weighted by Crippen LogP contribution is -2.34. The van der Waals surface area contributed by atoms with E-state index >= 15 is 0 Å². The van der Waals surface area contributed by atoms with Gasteiger partial charge in [-0.1, -0.05) is 6.07 Å². The first-order chi connectivity index (χ1) is 7.89. The third kappa shape index (κ3) is 2.26. The summed E-state index contributed by atoms with van der Waals surface area (Å²) in [6, 6.07) is 4.10. The Labute approximate surface area is 96.0 Å². The molecule has 0 aromatic heterocycles. The molecule has 0 bridgehead atoms. The summed E-state index contributed by atoms with van der Waals surface area (Å²) < 4.78 is 37.5. The van der Waals surface area contributed by atoms with Gasteiger partial charge in [-0.2, -0.15) is 13.2 Å². The van der Waals surface area contributed by atoms with Gasteiger partial charge in [0.05, 0.1) is 11.6 Å². The van der Waals surface area contributed by atoms with Gasteiger partial charge < -0.3 is 10.6 Å². The van der Waals surface area contributed by atoms with Crippen molar-refractivity contribution in [3.63, 3.8) is 0 Å². The van der Waals surface area contributed by atoms with Crippen LogP contribution in [0.5, 0.6) is 0 Å². The number of nitrogens with zero attached hydrogens (tertiary/aromatic N) is 1. The molecule has 1 aromatic carbocycles. The lowest BCUT2D eigenvalue weighted by atomic mass is 10.2. The number of anilines is 1. The van der Waals surface area contributed by atoms with E-state index in [9.17, 15) is 18.0 Å². The van der Waals surface area contributed by atoms with Gasteiger partial charge in [0.1, 0.15) is 0 Å². The Morgan fingerprint density at radius 2 is 2.06 bits per heavy atom. The van der Waals surface area contributed by atoms with E-state index in [1.54, 1.807) is 0 Å². The molecule has 1 unspecified atom stereocenters. The average Bonchev–Trinajstić information content (AvgIpc) is 2.59. The maximum atomic E-state index is 12.5. The predicted molar refractivity (Wildman–Crippen MR) is 56.4 cm³/mol.